The molecular formula is C17H11F6NO. The molecule has 0 aliphatic heterocycles. The summed E-state index contributed by atoms with van der Waals surface area (Å²) in [5.41, 5.74) is -2.47. The fraction of sp³-hybridized carbons (Fsp3) is 0.235. The Labute approximate surface area is 139 Å². The molecule has 132 valence electrons. The highest BCUT2D eigenvalue weighted by Crippen LogP contribution is 2.36. The van der Waals surface area contributed by atoms with Crippen LogP contribution in [0.1, 0.15) is 30.0 Å². The second kappa shape index (κ2) is 7.05. The third-order valence-corrected chi connectivity index (χ3v) is 3.31. The first-order valence-electron chi connectivity index (χ1n) is 7.14. The van der Waals surface area contributed by atoms with Gasteiger partial charge in [-0.1, -0.05) is 13.3 Å². The van der Waals surface area contributed by atoms with Gasteiger partial charge in [-0.15, -0.1) is 0 Å². The van der Waals surface area contributed by atoms with Gasteiger partial charge in [-0.25, -0.2) is 17.6 Å². The average Bonchev–Trinajstić information content (AvgIpc) is 2.45. The zero-order chi connectivity index (χ0) is 18.8. The first-order chi connectivity index (χ1) is 11.7. The smallest absolute Gasteiger partial charge is 0.429 e. The number of nitriles is 1. The molecule has 0 saturated heterocycles. The standard InChI is InChI=1S/C17H11F6NO/c1-2-3-9-4-14(20)16(15(21)5-9)17(22,23)25-10-6-12(18)11(8-24)13(19)7-10/h4-7H,2-3H2,1H3. The minimum atomic E-state index is -4.52. The fourth-order valence-electron chi connectivity index (χ4n) is 2.25. The fourth-order valence-corrected chi connectivity index (χ4v) is 2.25. The second-order valence-corrected chi connectivity index (χ2v) is 5.18. The van der Waals surface area contributed by atoms with Crippen LogP contribution >= 0.6 is 0 Å². The Bertz CT molecular complexity index is 798. The van der Waals surface area contributed by atoms with Gasteiger partial charge in [-0.2, -0.15) is 14.0 Å². The van der Waals surface area contributed by atoms with E-state index in [2.05, 4.69) is 4.74 Å². The molecule has 8 heteroatoms. The van der Waals surface area contributed by atoms with Crippen molar-refractivity contribution in [1.82, 2.24) is 0 Å². The Morgan fingerprint density at radius 1 is 0.960 bits per heavy atom. The third kappa shape index (κ3) is 3.87. The zero-order valence-electron chi connectivity index (χ0n) is 12.8. The van der Waals surface area contributed by atoms with Crippen LogP contribution in [0.2, 0.25) is 0 Å². The van der Waals surface area contributed by atoms with Crippen molar-refractivity contribution in [3.05, 3.63) is 64.2 Å². The summed E-state index contributed by atoms with van der Waals surface area (Å²) in [6.45, 7) is 1.75. The third-order valence-electron chi connectivity index (χ3n) is 3.31. The monoisotopic (exact) mass is 359 g/mol. The molecule has 2 rings (SSSR count). The maximum Gasteiger partial charge on any atom is 0.432 e. The maximum absolute atomic E-state index is 14.1. The number of nitrogens with zero attached hydrogens (tertiary/aromatic N) is 1. The molecular weight excluding hydrogens is 348 g/mol. The van der Waals surface area contributed by atoms with E-state index in [1.165, 1.54) is 6.07 Å². The van der Waals surface area contributed by atoms with Gasteiger partial charge in [0.05, 0.1) is 0 Å². The molecule has 0 heterocycles. The quantitative estimate of drug-likeness (QED) is 0.688. The van der Waals surface area contributed by atoms with Gasteiger partial charge in [0.15, 0.2) is 0 Å². The van der Waals surface area contributed by atoms with Crippen molar-refractivity contribution < 1.29 is 31.1 Å². The van der Waals surface area contributed by atoms with Crippen LogP contribution < -0.4 is 4.74 Å². The molecule has 0 fully saturated rings. The molecule has 0 atom stereocenters. The number of hydrogen-bond acceptors (Lipinski definition) is 2. The molecule has 2 aromatic rings. The van der Waals surface area contributed by atoms with E-state index in [4.69, 9.17) is 5.26 Å². The number of rotatable bonds is 5. The molecule has 2 aromatic carbocycles. The van der Waals surface area contributed by atoms with Crippen molar-refractivity contribution >= 4 is 0 Å². The van der Waals surface area contributed by atoms with Gasteiger partial charge in [0.25, 0.3) is 0 Å². The lowest BCUT2D eigenvalue weighted by Crippen LogP contribution is -2.25. The van der Waals surface area contributed by atoms with Crippen molar-refractivity contribution in [1.29, 1.82) is 5.26 Å². The van der Waals surface area contributed by atoms with Gasteiger partial charge in [0.1, 0.15) is 46.2 Å². The topological polar surface area (TPSA) is 33.0 Å². The van der Waals surface area contributed by atoms with Gasteiger partial charge in [-0.3, -0.25) is 0 Å². The van der Waals surface area contributed by atoms with Crippen molar-refractivity contribution in [2.45, 2.75) is 25.9 Å². The summed E-state index contributed by atoms with van der Waals surface area (Å²) in [4.78, 5) is 0. The highest BCUT2D eigenvalue weighted by molar-refractivity contribution is 5.38. The molecule has 0 aromatic heterocycles. The van der Waals surface area contributed by atoms with Crippen LogP contribution in [0.5, 0.6) is 5.75 Å². The Hall–Kier alpha value is -2.69. The molecule has 0 unspecified atom stereocenters. The number of hydrogen-bond donors (Lipinski definition) is 0. The summed E-state index contributed by atoms with van der Waals surface area (Å²) in [5.74, 6) is -6.97. The van der Waals surface area contributed by atoms with Gasteiger partial charge in [0, 0.05) is 12.1 Å². The Balaban J connectivity index is 2.42. The summed E-state index contributed by atoms with van der Waals surface area (Å²) < 4.78 is 87.1. The predicted octanol–water partition coefficient (Wildman–Crippen LogP) is 5.20. The van der Waals surface area contributed by atoms with E-state index in [1.54, 1.807) is 6.92 Å². The van der Waals surface area contributed by atoms with E-state index >= 15 is 0 Å². The van der Waals surface area contributed by atoms with E-state index in [1.807, 2.05) is 0 Å². The van der Waals surface area contributed by atoms with Gasteiger partial charge < -0.3 is 4.74 Å². The van der Waals surface area contributed by atoms with Gasteiger partial charge in [-0.05, 0) is 24.1 Å². The lowest BCUT2D eigenvalue weighted by atomic mass is 10.1. The minimum absolute atomic E-state index is 0.188. The molecule has 0 saturated carbocycles. The summed E-state index contributed by atoms with van der Waals surface area (Å²) in [6.07, 6.45) is -3.69. The SMILES string of the molecule is CCCc1cc(F)c(C(F)(F)Oc2cc(F)c(C#N)c(F)c2)c(F)c1. The van der Waals surface area contributed by atoms with Gasteiger partial charge in [0.2, 0.25) is 0 Å². The first kappa shape index (κ1) is 18.6. The van der Waals surface area contributed by atoms with Crippen LogP contribution in [0.3, 0.4) is 0 Å². The van der Waals surface area contributed by atoms with E-state index in [0.717, 1.165) is 12.1 Å². The molecule has 2 nitrogen and oxygen atoms in total. The molecule has 0 radical (unpaired) electrons. The van der Waals surface area contributed by atoms with Crippen LogP contribution in [0.4, 0.5) is 26.3 Å². The maximum atomic E-state index is 14.1. The van der Waals surface area contributed by atoms with Crippen molar-refractivity contribution in [3.63, 3.8) is 0 Å². The predicted molar refractivity (Wildman–Crippen MR) is 75.9 cm³/mol. The number of ether oxygens (including phenoxy) is 1. The number of alkyl halides is 2. The van der Waals surface area contributed by atoms with Crippen LogP contribution in [0.25, 0.3) is 0 Å². The van der Waals surface area contributed by atoms with Crippen LogP contribution in [-0.2, 0) is 12.5 Å². The minimum Gasteiger partial charge on any atom is -0.429 e. The normalized spacial score (nSPS) is 11.3. The first-order valence-corrected chi connectivity index (χ1v) is 7.14. The van der Waals surface area contributed by atoms with Crippen molar-refractivity contribution in [2.24, 2.45) is 0 Å². The molecule has 0 amide bonds. The zero-order valence-corrected chi connectivity index (χ0v) is 12.8. The highest BCUT2D eigenvalue weighted by atomic mass is 19.3. The van der Waals surface area contributed by atoms with E-state index < -0.39 is 46.3 Å². The van der Waals surface area contributed by atoms with Crippen molar-refractivity contribution in [2.75, 3.05) is 0 Å². The second-order valence-electron chi connectivity index (χ2n) is 5.18. The van der Waals surface area contributed by atoms with Crippen LogP contribution in [0, 0.1) is 34.6 Å². The lowest BCUT2D eigenvalue weighted by molar-refractivity contribution is -0.189. The summed E-state index contributed by atoms with van der Waals surface area (Å²) in [6, 6.07) is 3.37. The van der Waals surface area contributed by atoms with Crippen LogP contribution in [0.15, 0.2) is 24.3 Å². The summed E-state index contributed by atoms with van der Waals surface area (Å²) >= 11 is 0. The lowest BCUT2D eigenvalue weighted by Gasteiger charge is -2.20. The molecule has 0 N–H and O–H groups in total. The number of aryl methyl sites for hydroxylation is 1. The average molecular weight is 359 g/mol. The Morgan fingerprint density at radius 3 is 1.92 bits per heavy atom. The van der Waals surface area contributed by atoms with Crippen LogP contribution in [-0.4, -0.2) is 0 Å². The molecule has 25 heavy (non-hydrogen) atoms. The Kier molecular flexibility index (Phi) is 5.26. The largest absolute Gasteiger partial charge is 0.432 e. The molecule has 0 aliphatic carbocycles. The molecule has 0 aliphatic rings. The number of halogens is 6. The Morgan fingerprint density at radius 2 is 1.48 bits per heavy atom. The van der Waals surface area contributed by atoms with E-state index in [9.17, 15) is 26.3 Å². The van der Waals surface area contributed by atoms with Crippen molar-refractivity contribution in [3.8, 4) is 11.8 Å². The summed E-state index contributed by atoms with van der Waals surface area (Å²) in [7, 11) is 0. The highest BCUT2D eigenvalue weighted by Gasteiger charge is 2.41. The van der Waals surface area contributed by atoms with Gasteiger partial charge >= 0.3 is 6.11 Å². The van der Waals surface area contributed by atoms with E-state index in [0.29, 0.717) is 18.6 Å². The molecule has 0 bridgehead atoms. The molecule has 0 spiro atoms. The number of benzene rings is 2. The summed E-state index contributed by atoms with van der Waals surface area (Å²) in [5, 5.41) is 8.53. The van der Waals surface area contributed by atoms with E-state index in [-0.39, 0.29) is 12.0 Å².